The first-order valence-electron chi connectivity index (χ1n) is 3.77. The fourth-order valence-corrected chi connectivity index (χ4v) is 0.588. The quantitative estimate of drug-likeness (QED) is 0.579. The highest BCUT2D eigenvalue weighted by Crippen LogP contribution is 1.85. The lowest BCUT2D eigenvalue weighted by molar-refractivity contribution is -0.120. The molecule has 0 heterocycles. The molecule has 0 atom stereocenters. The number of allylic oxidation sites excluding steroid dienone is 1. The molecule has 11 heavy (non-hydrogen) atoms. The number of carbonyl (C=O) groups is 1. The average Bonchev–Trinajstić information content (AvgIpc) is 1.87. The van der Waals surface area contributed by atoms with Crippen LogP contribution in [0.15, 0.2) is 11.6 Å². The van der Waals surface area contributed by atoms with Crippen LogP contribution >= 0.6 is 0 Å². The zero-order valence-electron chi connectivity index (χ0n) is 7.18. The number of nitrogens with one attached hydrogen (secondary N) is 1. The van der Waals surface area contributed by atoms with Crippen LogP contribution in [0.3, 0.4) is 0 Å². The Kier molecular flexibility index (Phi) is 5.47. The van der Waals surface area contributed by atoms with E-state index in [-0.39, 0.29) is 5.91 Å². The predicted molar refractivity (Wildman–Crippen MR) is 46.1 cm³/mol. The molecule has 0 aliphatic heterocycles. The van der Waals surface area contributed by atoms with Crippen LogP contribution in [0.5, 0.6) is 0 Å². The van der Waals surface area contributed by atoms with E-state index in [1.54, 1.807) is 0 Å². The zero-order chi connectivity index (χ0) is 8.69. The Bertz CT molecular complexity index is 148. The van der Waals surface area contributed by atoms with E-state index in [2.05, 4.69) is 5.32 Å². The Balaban J connectivity index is 3.39. The molecule has 1 amide bonds. The van der Waals surface area contributed by atoms with Gasteiger partial charge in [0.2, 0.25) is 5.91 Å². The standard InChI is InChI=1S/C8H16N2O/c1-7(2)4-6-10-8(11)3-5-9/h4H,3,5-6,9H2,1-2H3,(H,10,11). The van der Waals surface area contributed by atoms with Crippen molar-refractivity contribution in [2.45, 2.75) is 20.3 Å². The molecule has 0 fully saturated rings. The van der Waals surface area contributed by atoms with Crippen LogP contribution in [0.1, 0.15) is 20.3 Å². The van der Waals surface area contributed by atoms with Gasteiger partial charge in [0.05, 0.1) is 0 Å². The van der Waals surface area contributed by atoms with Gasteiger partial charge in [-0.05, 0) is 13.8 Å². The summed E-state index contributed by atoms with van der Waals surface area (Å²) in [6.45, 7) is 5.02. The second-order valence-corrected chi connectivity index (χ2v) is 2.62. The Labute approximate surface area is 67.7 Å². The monoisotopic (exact) mass is 156 g/mol. The van der Waals surface area contributed by atoms with Gasteiger partial charge in [0.15, 0.2) is 0 Å². The smallest absolute Gasteiger partial charge is 0.221 e. The molecule has 0 rings (SSSR count). The van der Waals surface area contributed by atoms with Crippen molar-refractivity contribution < 1.29 is 4.79 Å². The summed E-state index contributed by atoms with van der Waals surface area (Å²) < 4.78 is 0. The topological polar surface area (TPSA) is 55.1 Å². The summed E-state index contributed by atoms with van der Waals surface area (Å²) >= 11 is 0. The third-order valence-corrected chi connectivity index (χ3v) is 1.18. The number of nitrogens with two attached hydrogens (primary N) is 1. The van der Waals surface area contributed by atoms with Crippen molar-refractivity contribution >= 4 is 5.91 Å². The Morgan fingerprint density at radius 3 is 2.64 bits per heavy atom. The molecule has 0 saturated heterocycles. The van der Waals surface area contributed by atoms with Gasteiger partial charge in [0.1, 0.15) is 0 Å². The third kappa shape index (κ3) is 7.06. The molecule has 0 radical (unpaired) electrons. The van der Waals surface area contributed by atoms with Gasteiger partial charge in [-0.2, -0.15) is 0 Å². The van der Waals surface area contributed by atoms with E-state index in [1.807, 2.05) is 19.9 Å². The number of hydrogen-bond acceptors (Lipinski definition) is 2. The van der Waals surface area contributed by atoms with E-state index < -0.39 is 0 Å². The highest BCUT2D eigenvalue weighted by atomic mass is 16.1. The van der Waals surface area contributed by atoms with Gasteiger partial charge >= 0.3 is 0 Å². The summed E-state index contributed by atoms with van der Waals surface area (Å²) in [7, 11) is 0. The van der Waals surface area contributed by atoms with Crippen molar-refractivity contribution in [3.8, 4) is 0 Å². The number of hydrogen-bond donors (Lipinski definition) is 2. The summed E-state index contributed by atoms with van der Waals surface area (Å²) in [5.74, 6) is 0.0185. The molecule has 3 N–H and O–H groups in total. The summed E-state index contributed by atoms with van der Waals surface area (Å²) in [6, 6.07) is 0. The molecule has 0 aromatic heterocycles. The molecule has 0 bridgehead atoms. The highest BCUT2D eigenvalue weighted by molar-refractivity contribution is 5.76. The molecule has 0 spiro atoms. The van der Waals surface area contributed by atoms with Crippen LogP contribution in [0, 0.1) is 0 Å². The maximum atomic E-state index is 10.8. The van der Waals surface area contributed by atoms with Gasteiger partial charge in [-0.25, -0.2) is 0 Å². The molecule has 3 heteroatoms. The lowest BCUT2D eigenvalue weighted by atomic mass is 10.3. The second kappa shape index (κ2) is 5.92. The first-order valence-corrected chi connectivity index (χ1v) is 3.77. The minimum absolute atomic E-state index is 0.0185. The second-order valence-electron chi connectivity index (χ2n) is 2.62. The average molecular weight is 156 g/mol. The first kappa shape index (κ1) is 10.2. The van der Waals surface area contributed by atoms with Crippen molar-refractivity contribution in [3.63, 3.8) is 0 Å². The van der Waals surface area contributed by atoms with E-state index >= 15 is 0 Å². The van der Waals surface area contributed by atoms with Crippen molar-refractivity contribution in [2.75, 3.05) is 13.1 Å². The maximum absolute atomic E-state index is 10.8. The molecule has 0 aliphatic rings. The summed E-state index contributed by atoms with van der Waals surface area (Å²) in [6.07, 6.45) is 2.38. The van der Waals surface area contributed by atoms with Gasteiger partial charge in [-0.1, -0.05) is 11.6 Å². The normalized spacial score (nSPS) is 9.00. The molecule has 64 valence electrons. The maximum Gasteiger partial charge on any atom is 0.221 e. The number of rotatable bonds is 4. The lowest BCUT2D eigenvalue weighted by Crippen LogP contribution is -2.25. The van der Waals surface area contributed by atoms with Gasteiger partial charge < -0.3 is 11.1 Å². The van der Waals surface area contributed by atoms with E-state index in [1.165, 1.54) is 5.57 Å². The van der Waals surface area contributed by atoms with Crippen molar-refractivity contribution in [1.29, 1.82) is 0 Å². The van der Waals surface area contributed by atoms with Crippen molar-refractivity contribution in [2.24, 2.45) is 5.73 Å². The third-order valence-electron chi connectivity index (χ3n) is 1.18. The Morgan fingerprint density at radius 2 is 2.18 bits per heavy atom. The minimum atomic E-state index is 0.0185. The van der Waals surface area contributed by atoms with Crippen LogP contribution in [0.4, 0.5) is 0 Å². The molecule has 3 nitrogen and oxygen atoms in total. The van der Waals surface area contributed by atoms with Crippen LogP contribution in [-0.2, 0) is 4.79 Å². The molecule has 0 aromatic rings. The first-order chi connectivity index (χ1) is 5.16. The fraction of sp³-hybridized carbons (Fsp3) is 0.625. The summed E-state index contributed by atoms with van der Waals surface area (Å²) in [5.41, 5.74) is 6.39. The zero-order valence-corrected chi connectivity index (χ0v) is 7.18. The Hall–Kier alpha value is -0.830. The van der Waals surface area contributed by atoms with Gasteiger partial charge in [-0.15, -0.1) is 0 Å². The van der Waals surface area contributed by atoms with E-state index in [0.717, 1.165) is 0 Å². The predicted octanol–water partition coefficient (Wildman–Crippen LogP) is 0.418. The largest absolute Gasteiger partial charge is 0.353 e. The molecule has 0 aromatic carbocycles. The van der Waals surface area contributed by atoms with Crippen LogP contribution < -0.4 is 11.1 Å². The van der Waals surface area contributed by atoms with Gasteiger partial charge in [0.25, 0.3) is 0 Å². The summed E-state index contributed by atoms with van der Waals surface area (Å²) in [5, 5.41) is 2.72. The van der Waals surface area contributed by atoms with Gasteiger partial charge in [0, 0.05) is 19.5 Å². The number of amides is 1. The fourth-order valence-electron chi connectivity index (χ4n) is 0.588. The SMILES string of the molecule is CC(C)=CCNC(=O)CCN. The van der Waals surface area contributed by atoms with E-state index in [0.29, 0.717) is 19.5 Å². The van der Waals surface area contributed by atoms with E-state index in [4.69, 9.17) is 5.73 Å². The highest BCUT2D eigenvalue weighted by Gasteiger charge is 1.94. The van der Waals surface area contributed by atoms with Crippen molar-refractivity contribution in [1.82, 2.24) is 5.32 Å². The van der Waals surface area contributed by atoms with Crippen LogP contribution in [-0.4, -0.2) is 19.0 Å². The lowest BCUT2D eigenvalue weighted by Gasteiger charge is -1.99. The van der Waals surface area contributed by atoms with Crippen molar-refractivity contribution in [3.05, 3.63) is 11.6 Å². The molecular weight excluding hydrogens is 140 g/mol. The van der Waals surface area contributed by atoms with Crippen LogP contribution in [0.25, 0.3) is 0 Å². The number of carbonyl (C=O) groups excluding carboxylic acids is 1. The van der Waals surface area contributed by atoms with Gasteiger partial charge in [-0.3, -0.25) is 4.79 Å². The molecule has 0 saturated carbocycles. The Morgan fingerprint density at radius 1 is 1.55 bits per heavy atom. The molecule has 0 aliphatic carbocycles. The summed E-state index contributed by atoms with van der Waals surface area (Å²) in [4.78, 5) is 10.8. The molecular formula is C8H16N2O. The minimum Gasteiger partial charge on any atom is -0.353 e. The molecule has 0 unspecified atom stereocenters. The van der Waals surface area contributed by atoms with E-state index in [9.17, 15) is 4.79 Å². The van der Waals surface area contributed by atoms with Crippen LogP contribution in [0.2, 0.25) is 0 Å².